The van der Waals surface area contributed by atoms with Crippen molar-refractivity contribution in [1.82, 2.24) is 9.80 Å². The Morgan fingerprint density at radius 3 is 2.20 bits per heavy atom. The number of methoxy groups -OCH3 is 1. The van der Waals surface area contributed by atoms with Crippen LogP contribution in [0.2, 0.25) is 0 Å². The van der Waals surface area contributed by atoms with Crippen LogP contribution < -0.4 is 4.74 Å². The number of piperidine rings is 1. The van der Waals surface area contributed by atoms with E-state index in [2.05, 4.69) is 0 Å². The molecule has 0 aliphatic carbocycles. The van der Waals surface area contributed by atoms with Gasteiger partial charge in [-0.1, -0.05) is 12.8 Å². The highest BCUT2D eigenvalue weighted by Crippen LogP contribution is 2.23. The predicted octanol–water partition coefficient (Wildman–Crippen LogP) is 2.95. The Bertz CT molecular complexity index is 591. The van der Waals surface area contributed by atoms with E-state index in [1.165, 1.54) is 12.8 Å². The van der Waals surface area contributed by atoms with Crippen molar-refractivity contribution in [3.63, 3.8) is 0 Å². The van der Waals surface area contributed by atoms with E-state index >= 15 is 0 Å². The molecule has 2 aliphatic rings. The maximum absolute atomic E-state index is 12.9. The van der Waals surface area contributed by atoms with E-state index in [-0.39, 0.29) is 17.7 Å². The molecule has 25 heavy (non-hydrogen) atoms. The lowest BCUT2D eigenvalue weighted by Crippen LogP contribution is -2.47. The summed E-state index contributed by atoms with van der Waals surface area (Å²) >= 11 is 0. The third-order valence-electron chi connectivity index (χ3n) is 5.31. The van der Waals surface area contributed by atoms with Gasteiger partial charge < -0.3 is 14.5 Å². The molecule has 2 aliphatic heterocycles. The molecule has 2 fully saturated rings. The normalized spacial score (nSPS) is 21.6. The van der Waals surface area contributed by atoms with Gasteiger partial charge in [0.05, 0.1) is 13.0 Å². The molecule has 1 aromatic rings. The average Bonchev–Trinajstić information content (AvgIpc) is 2.96. The largest absolute Gasteiger partial charge is 0.497 e. The van der Waals surface area contributed by atoms with Crippen LogP contribution in [0, 0.1) is 5.92 Å². The Kier molecular flexibility index (Phi) is 5.95. The molecule has 0 N–H and O–H groups in total. The van der Waals surface area contributed by atoms with Crippen molar-refractivity contribution in [1.29, 1.82) is 0 Å². The van der Waals surface area contributed by atoms with E-state index in [9.17, 15) is 9.59 Å². The first-order chi connectivity index (χ1) is 12.2. The molecule has 2 heterocycles. The lowest BCUT2D eigenvalue weighted by molar-refractivity contribution is -0.136. The number of benzene rings is 1. The van der Waals surface area contributed by atoms with Gasteiger partial charge in [0.25, 0.3) is 5.91 Å². The van der Waals surface area contributed by atoms with E-state index in [0.717, 1.165) is 51.1 Å². The summed E-state index contributed by atoms with van der Waals surface area (Å²) in [6.45, 7) is 3.03. The molecule has 5 nitrogen and oxygen atoms in total. The summed E-state index contributed by atoms with van der Waals surface area (Å²) in [6, 6.07) is 7.19. The smallest absolute Gasteiger partial charge is 0.253 e. The standard InChI is InChI=1S/C20H28N2O3/c1-25-18-10-8-16(9-11-18)19(23)22-14-6-7-17(15-22)20(24)21-12-4-2-3-5-13-21/h8-11,17H,2-7,12-15H2,1H3/t17-/m0/s1. The number of hydrogen-bond donors (Lipinski definition) is 0. The first kappa shape index (κ1) is 17.8. The van der Waals surface area contributed by atoms with Crippen molar-refractivity contribution in [2.45, 2.75) is 38.5 Å². The zero-order valence-electron chi connectivity index (χ0n) is 15.1. The molecule has 0 aromatic heterocycles. The SMILES string of the molecule is COc1ccc(C(=O)N2CCC[C@H](C(=O)N3CCCCCC3)C2)cc1. The van der Waals surface area contributed by atoms with Crippen LogP contribution in [0.15, 0.2) is 24.3 Å². The highest BCUT2D eigenvalue weighted by Gasteiger charge is 2.31. The van der Waals surface area contributed by atoms with Gasteiger partial charge in [0.15, 0.2) is 0 Å². The number of amides is 2. The van der Waals surface area contributed by atoms with Crippen LogP contribution in [0.25, 0.3) is 0 Å². The van der Waals surface area contributed by atoms with Gasteiger partial charge in [0, 0.05) is 31.7 Å². The van der Waals surface area contributed by atoms with Gasteiger partial charge in [-0.3, -0.25) is 9.59 Å². The second kappa shape index (κ2) is 8.37. The number of likely N-dealkylation sites (tertiary alicyclic amines) is 2. The third-order valence-corrected chi connectivity index (χ3v) is 5.31. The Balaban J connectivity index is 1.63. The van der Waals surface area contributed by atoms with Gasteiger partial charge in [0.2, 0.25) is 5.91 Å². The summed E-state index contributed by atoms with van der Waals surface area (Å²) in [5.41, 5.74) is 0.656. The number of rotatable bonds is 3. The second-order valence-electron chi connectivity index (χ2n) is 7.06. The highest BCUT2D eigenvalue weighted by molar-refractivity contribution is 5.94. The Labute approximate surface area is 149 Å². The average molecular weight is 344 g/mol. The minimum absolute atomic E-state index is 0.0102. The molecule has 1 aromatic carbocycles. The van der Waals surface area contributed by atoms with Crippen LogP contribution in [0.4, 0.5) is 0 Å². The lowest BCUT2D eigenvalue weighted by Gasteiger charge is -2.35. The summed E-state index contributed by atoms with van der Waals surface area (Å²) < 4.78 is 5.15. The first-order valence-electron chi connectivity index (χ1n) is 9.41. The second-order valence-corrected chi connectivity index (χ2v) is 7.06. The number of nitrogens with zero attached hydrogens (tertiary/aromatic N) is 2. The summed E-state index contributed by atoms with van der Waals surface area (Å²) in [5.74, 6) is 0.948. The number of carbonyl (C=O) groups is 2. The molecule has 0 radical (unpaired) electrons. The molecule has 1 atom stereocenters. The topological polar surface area (TPSA) is 49.9 Å². The quantitative estimate of drug-likeness (QED) is 0.847. The Hall–Kier alpha value is -2.04. The number of ether oxygens (including phenoxy) is 1. The molecule has 0 unspecified atom stereocenters. The monoisotopic (exact) mass is 344 g/mol. The van der Waals surface area contributed by atoms with E-state index < -0.39 is 0 Å². The third kappa shape index (κ3) is 4.33. The molecule has 136 valence electrons. The summed E-state index contributed by atoms with van der Waals surface area (Å²) in [7, 11) is 1.61. The fourth-order valence-corrected chi connectivity index (χ4v) is 3.83. The summed E-state index contributed by atoms with van der Waals surface area (Å²) in [6.07, 6.45) is 6.43. The van der Waals surface area contributed by atoms with Gasteiger partial charge in [-0.05, 0) is 49.9 Å². The minimum atomic E-state index is -0.0472. The van der Waals surface area contributed by atoms with Crippen LogP contribution in [-0.4, -0.2) is 54.9 Å². The predicted molar refractivity (Wildman–Crippen MR) is 96.7 cm³/mol. The molecule has 0 saturated carbocycles. The van der Waals surface area contributed by atoms with Crippen molar-refractivity contribution in [3.8, 4) is 5.75 Å². The minimum Gasteiger partial charge on any atom is -0.497 e. The molecular formula is C20H28N2O3. The van der Waals surface area contributed by atoms with Crippen LogP contribution in [0.1, 0.15) is 48.9 Å². The molecule has 2 saturated heterocycles. The number of carbonyl (C=O) groups excluding carboxylic acids is 2. The molecule has 0 spiro atoms. The lowest BCUT2D eigenvalue weighted by atomic mass is 9.95. The fraction of sp³-hybridized carbons (Fsp3) is 0.600. The maximum atomic E-state index is 12.9. The zero-order valence-corrected chi connectivity index (χ0v) is 15.1. The van der Waals surface area contributed by atoms with E-state index in [1.54, 1.807) is 31.4 Å². The van der Waals surface area contributed by atoms with Gasteiger partial charge in [-0.15, -0.1) is 0 Å². The van der Waals surface area contributed by atoms with Crippen molar-refractivity contribution in [3.05, 3.63) is 29.8 Å². The van der Waals surface area contributed by atoms with Crippen molar-refractivity contribution < 1.29 is 14.3 Å². The molecule has 2 amide bonds. The van der Waals surface area contributed by atoms with Gasteiger partial charge in [-0.2, -0.15) is 0 Å². The van der Waals surface area contributed by atoms with Crippen LogP contribution in [0.5, 0.6) is 5.75 Å². The van der Waals surface area contributed by atoms with Crippen LogP contribution in [-0.2, 0) is 4.79 Å². The molecule has 5 heteroatoms. The molecule has 3 rings (SSSR count). The highest BCUT2D eigenvalue weighted by atomic mass is 16.5. The Morgan fingerprint density at radius 1 is 0.920 bits per heavy atom. The molecular weight excluding hydrogens is 316 g/mol. The van der Waals surface area contributed by atoms with E-state index in [1.807, 2.05) is 9.80 Å². The van der Waals surface area contributed by atoms with Gasteiger partial charge >= 0.3 is 0 Å². The van der Waals surface area contributed by atoms with Crippen molar-refractivity contribution in [2.75, 3.05) is 33.3 Å². The van der Waals surface area contributed by atoms with Crippen molar-refractivity contribution in [2.24, 2.45) is 5.92 Å². The zero-order chi connectivity index (χ0) is 17.6. The first-order valence-corrected chi connectivity index (χ1v) is 9.41. The Morgan fingerprint density at radius 2 is 1.56 bits per heavy atom. The summed E-state index contributed by atoms with van der Waals surface area (Å²) in [5, 5.41) is 0. The summed E-state index contributed by atoms with van der Waals surface area (Å²) in [4.78, 5) is 29.5. The van der Waals surface area contributed by atoms with Crippen LogP contribution in [0.3, 0.4) is 0 Å². The fourth-order valence-electron chi connectivity index (χ4n) is 3.83. The molecule has 0 bridgehead atoms. The number of hydrogen-bond acceptors (Lipinski definition) is 3. The van der Waals surface area contributed by atoms with E-state index in [4.69, 9.17) is 4.74 Å². The maximum Gasteiger partial charge on any atom is 0.253 e. The van der Waals surface area contributed by atoms with E-state index in [0.29, 0.717) is 12.1 Å². The van der Waals surface area contributed by atoms with Crippen molar-refractivity contribution >= 4 is 11.8 Å². The van der Waals surface area contributed by atoms with Gasteiger partial charge in [-0.25, -0.2) is 0 Å². The van der Waals surface area contributed by atoms with Crippen LogP contribution >= 0.6 is 0 Å². The van der Waals surface area contributed by atoms with Gasteiger partial charge in [0.1, 0.15) is 5.75 Å².